The summed E-state index contributed by atoms with van der Waals surface area (Å²) >= 11 is 12.5. The van der Waals surface area contributed by atoms with Gasteiger partial charge < -0.3 is 20.2 Å². The summed E-state index contributed by atoms with van der Waals surface area (Å²) in [4.78, 5) is 16.7. The minimum atomic E-state index is -0.277. The summed E-state index contributed by atoms with van der Waals surface area (Å²) in [7, 11) is 0. The number of nitrogens with one attached hydrogen (secondary N) is 1. The molecule has 3 heterocycles. The highest BCUT2D eigenvalue weighted by atomic mass is 35.5. The van der Waals surface area contributed by atoms with Gasteiger partial charge in [0.05, 0.1) is 30.2 Å². The molecule has 1 aromatic heterocycles. The van der Waals surface area contributed by atoms with Crippen LogP contribution in [0, 0.1) is 11.3 Å². The molecule has 2 saturated heterocycles. The molecule has 1 amide bonds. The number of piperazine rings is 1. The lowest BCUT2D eigenvalue weighted by molar-refractivity contribution is -0.139. The summed E-state index contributed by atoms with van der Waals surface area (Å²) in [6, 6.07) is 12.8. The second-order valence-corrected chi connectivity index (χ2v) is 9.90. The normalized spacial score (nSPS) is 21.0. The predicted octanol–water partition coefficient (Wildman–Crippen LogP) is 3.20. The highest BCUT2D eigenvalue weighted by Gasteiger charge is 2.36. The molecule has 2 aliphatic heterocycles. The van der Waals surface area contributed by atoms with E-state index < -0.39 is 0 Å². The number of hydrogen-bond acceptors (Lipinski definition) is 6. The minimum absolute atomic E-state index is 0.0656. The van der Waals surface area contributed by atoms with Crippen molar-refractivity contribution in [2.45, 2.75) is 31.5 Å². The van der Waals surface area contributed by atoms with Gasteiger partial charge in [-0.2, -0.15) is 10.4 Å². The van der Waals surface area contributed by atoms with Gasteiger partial charge in [0.2, 0.25) is 5.91 Å². The molecule has 0 saturated carbocycles. The average Bonchev–Trinajstić information content (AvgIpc) is 3.20. The fourth-order valence-electron chi connectivity index (χ4n) is 4.91. The maximum Gasteiger partial charge on any atom is 0.240 e. The van der Waals surface area contributed by atoms with Crippen LogP contribution in [-0.4, -0.2) is 70.6 Å². The lowest BCUT2D eigenvalue weighted by Gasteiger charge is -2.44. The number of nitrogens with zero attached hydrogens (tertiary/aromatic N) is 5. The van der Waals surface area contributed by atoms with Crippen LogP contribution in [0.1, 0.15) is 30.6 Å². The molecular formula is C25H26Cl2N6O2. The Labute approximate surface area is 213 Å². The summed E-state index contributed by atoms with van der Waals surface area (Å²) in [5.74, 6) is 0.0656. The zero-order valence-electron chi connectivity index (χ0n) is 19.3. The topological polar surface area (TPSA) is 97.4 Å². The molecule has 1 unspecified atom stereocenters. The van der Waals surface area contributed by atoms with E-state index in [9.17, 15) is 15.2 Å². The number of hydrogen-bond donors (Lipinski definition) is 2. The van der Waals surface area contributed by atoms with Crippen molar-refractivity contribution in [3.05, 3.63) is 57.7 Å². The second kappa shape index (κ2) is 9.67. The summed E-state index contributed by atoms with van der Waals surface area (Å²) < 4.78 is 1.82. The molecule has 5 rings (SSSR count). The Morgan fingerprint density at radius 3 is 2.74 bits per heavy atom. The fraction of sp³-hybridized carbons (Fsp3) is 0.400. The number of halogens is 2. The molecule has 0 bridgehead atoms. The number of aromatic nitrogens is 2. The van der Waals surface area contributed by atoms with Gasteiger partial charge in [-0.05, 0) is 55.8 Å². The standard InChI is InChI=1S/C25H26Cl2N6O2/c1-15(19-4-2-16(26)10-21(19)27)33-24-11-17(3-5-20(24)23(12-28)30-33)31-8-9-32(18(13-31)14-34)25(35)22-6-7-29-22/h2-5,10-11,15,18,22,29,34H,6-9,13-14H2,1H3/t15-,18+,22?/m1/s1. The van der Waals surface area contributed by atoms with E-state index in [2.05, 4.69) is 21.4 Å². The Bertz CT molecular complexity index is 1320. The van der Waals surface area contributed by atoms with Crippen LogP contribution in [0.4, 0.5) is 5.69 Å². The van der Waals surface area contributed by atoms with Crippen LogP contribution in [0.3, 0.4) is 0 Å². The van der Waals surface area contributed by atoms with Crippen LogP contribution in [0.15, 0.2) is 36.4 Å². The van der Waals surface area contributed by atoms with Crippen LogP contribution >= 0.6 is 23.2 Å². The van der Waals surface area contributed by atoms with E-state index in [1.54, 1.807) is 17.0 Å². The smallest absolute Gasteiger partial charge is 0.240 e. The summed E-state index contributed by atoms with van der Waals surface area (Å²) in [6.07, 6.45) is 0.842. The number of aliphatic hydroxyl groups excluding tert-OH is 1. The Hall–Kier alpha value is -2.83. The van der Waals surface area contributed by atoms with Gasteiger partial charge in [-0.15, -0.1) is 0 Å². The van der Waals surface area contributed by atoms with E-state index in [0.717, 1.165) is 35.1 Å². The van der Waals surface area contributed by atoms with Crippen LogP contribution in [0.2, 0.25) is 10.0 Å². The first-order valence-corrected chi connectivity index (χ1v) is 12.4. The lowest BCUT2D eigenvalue weighted by atomic mass is 10.0. The summed E-state index contributed by atoms with van der Waals surface area (Å²) in [6.45, 7) is 4.46. The average molecular weight is 513 g/mol. The number of nitriles is 1. The van der Waals surface area contributed by atoms with Crippen molar-refractivity contribution in [1.82, 2.24) is 20.0 Å². The Morgan fingerprint density at radius 2 is 2.09 bits per heavy atom. The van der Waals surface area contributed by atoms with E-state index in [1.807, 2.05) is 35.9 Å². The fourth-order valence-corrected chi connectivity index (χ4v) is 5.47. The number of carbonyl (C=O) groups excluding carboxylic acids is 1. The van der Waals surface area contributed by atoms with Gasteiger partial charge in [-0.3, -0.25) is 9.48 Å². The molecule has 182 valence electrons. The monoisotopic (exact) mass is 512 g/mol. The molecule has 3 aromatic rings. The molecule has 0 radical (unpaired) electrons. The van der Waals surface area contributed by atoms with E-state index >= 15 is 0 Å². The van der Waals surface area contributed by atoms with Crippen molar-refractivity contribution < 1.29 is 9.90 Å². The Kier molecular flexibility index (Phi) is 6.60. The van der Waals surface area contributed by atoms with Crippen molar-refractivity contribution in [2.75, 3.05) is 37.7 Å². The van der Waals surface area contributed by atoms with Crippen LogP contribution in [0.25, 0.3) is 10.9 Å². The van der Waals surface area contributed by atoms with Crippen LogP contribution in [0.5, 0.6) is 0 Å². The highest BCUT2D eigenvalue weighted by molar-refractivity contribution is 6.35. The van der Waals surface area contributed by atoms with E-state index in [1.165, 1.54) is 0 Å². The Morgan fingerprint density at radius 1 is 1.29 bits per heavy atom. The third kappa shape index (κ3) is 4.34. The first-order chi connectivity index (χ1) is 16.9. The van der Waals surface area contributed by atoms with Crippen LogP contribution < -0.4 is 10.2 Å². The molecule has 0 spiro atoms. The molecule has 0 aliphatic carbocycles. The maximum atomic E-state index is 12.8. The largest absolute Gasteiger partial charge is 0.394 e. The molecule has 8 nitrogen and oxygen atoms in total. The first-order valence-electron chi connectivity index (χ1n) is 11.7. The van der Waals surface area contributed by atoms with Crippen molar-refractivity contribution in [2.24, 2.45) is 0 Å². The van der Waals surface area contributed by atoms with Crippen molar-refractivity contribution >= 4 is 45.7 Å². The number of benzene rings is 2. The van der Waals surface area contributed by atoms with Crippen molar-refractivity contribution in [3.63, 3.8) is 0 Å². The summed E-state index contributed by atoms with van der Waals surface area (Å²) in [5, 5.41) is 29.3. The lowest BCUT2D eigenvalue weighted by Crippen LogP contribution is -2.63. The zero-order chi connectivity index (χ0) is 24.7. The Balaban J connectivity index is 1.46. The van der Waals surface area contributed by atoms with E-state index in [0.29, 0.717) is 35.4 Å². The third-order valence-corrected chi connectivity index (χ3v) is 7.60. The van der Waals surface area contributed by atoms with E-state index in [4.69, 9.17) is 23.2 Å². The molecular weight excluding hydrogens is 487 g/mol. The van der Waals surface area contributed by atoms with Gasteiger partial charge in [0.1, 0.15) is 6.07 Å². The number of fused-ring (bicyclic) bond motifs is 1. The molecule has 2 aromatic carbocycles. The number of amides is 1. The molecule has 2 N–H and O–H groups in total. The maximum absolute atomic E-state index is 12.8. The van der Waals surface area contributed by atoms with Crippen molar-refractivity contribution in [1.29, 1.82) is 5.26 Å². The van der Waals surface area contributed by atoms with Gasteiger partial charge in [0, 0.05) is 40.8 Å². The minimum Gasteiger partial charge on any atom is -0.394 e. The highest BCUT2D eigenvalue weighted by Crippen LogP contribution is 2.33. The van der Waals surface area contributed by atoms with Gasteiger partial charge >= 0.3 is 0 Å². The zero-order valence-corrected chi connectivity index (χ0v) is 20.8. The number of anilines is 1. The quantitative estimate of drug-likeness (QED) is 0.544. The molecule has 10 heteroatoms. The van der Waals surface area contributed by atoms with Gasteiger partial charge in [-0.1, -0.05) is 29.3 Å². The SMILES string of the molecule is C[C@H](c1ccc(Cl)cc1Cl)n1nc(C#N)c2ccc(N3CCN(C(=O)C4CCN4)[C@H](CO)C3)cc21. The van der Waals surface area contributed by atoms with E-state index in [-0.39, 0.29) is 30.6 Å². The predicted molar refractivity (Wildman–Crippen MR) is 136 cm³/mol. The third-order valence-electron chi connectivity index (χ3n) is 7.04. The first kappa shape index (κ1) is 23.9. The number of carbonyl (C=O) groups is 1. The number of rotatable bonds is 5. The molecule has 2 aliphatic rings. The second-order valence-electron chi connectivity index (χ2n) is 9.06. The molecule has 3 atom stereocenters. The number of aliphatic hydroxyl groups is 1. The van der Waals surface area contributed by atoms with Gasteiger partial charge in [0.25, 0.3) is 0 Å². The van der Waals surface area contributed by atoms with Crippen molar-refractivity contribution in [3.8, 4) is 6.07 Å². The van der Waals surface area contributed by atoms with Gasteiger partial charge in [0.15, 0.2) is 5.69 Å². The van der Waals surface area contributed by atoms with Gasteiger partial charge in [-0.25, -0.2) is 0 Å². The van der Waals surface area contributed by atoms with Crippen LogP contribution in [-0.2, 0) is 4.79 Å². The molecule has 35 heavy (non-hydrogen) atoms. The summed E-state index contributed by atoms with van der Waals surface area (Å²) in [5.41, 5.74) is 2.97. The molecule has 2 fully saturated rings.